The second-order valence-electron chi connectivity index (χ2n) is 4.68. The Hall–Kier alpha value is -2.95. The Kier molecular flexibility index (Phi) is 5.25. The van der Waals surface area contributed by atoms with E-state index in [1.54, 1.807) is 48.5 Å². The van der Waals surface area contributed by atoms with Crippen LogP contribution < -0.4 is 14.2 Å². The Morgan fingerprint density at radius 2 is 1.74 bits per heavy atom. The van der Waals surface area contributed by atoms with E-state index >= 15 is 0 Å². The van der Waals surface area contributed by atoms with Gasteiger partial charge in [0, 0.05) is 5.56 Å². The average molecular weight is 314 g/mol. The van der Waals surface area contributed by atoms with Crippen molar-refractivity contribution in [3.05, 3.63) is 53.6 Å². The first-order chi connectivity index (χ1) is 11.1. The third-order valence-electron chi connectivity index (χ3n) is 3.34. The molecule has 23 heavy (non-hydrogen) atoms. The molecule has 0 radical (unpaired) electrons. The van der Waals surface area contributed by atoms with Crippen LogP contribution >= 0.6 is 0 Å². The number of ether oxygens (including phenoxy) is 3. The largest absolute Gasteiger partial charge is 0.497 e. The summed E-state index contributed by atoms with van der Waals surface area (Å²) in [5, 5.41) is 9.56. The number of hydrogen-bond donors (Lipinski definition) is 1. The molecule has 2 aromatic rings. The van der Waals surface area contributed by atoms with Crippen molar-refractivity contribution >= 4 is 17.6 Å². The van der Waals surface area contributed by atoms with E-state index in [2.05, 4.69) is 0 Å². The van der Waals surface area contributed by atoms with Gasteiger partial charge in [-0.1, -0.05) is 24.3 Å². The van der Waals surface area contributed by atoms with Crippen LogP contribution in [0.3, 0.4) is 0 Å². The standard InChI is InChI=1S/C18H18O5/c1-21-14-8-4-6-12(10-14)15(18(19)20)11-13-7-5-9-16(22-2)17(13)23-3/h4-11H,1-3H3,(H,19,20)/b15-11-. The normalized spacial score (nSPS) is 11.0. The SMILES string of the molecule is COc1cccc(/C(=C/c2cccc(OC)c2OC)C(=O)O)c1. The number of carboxylic acids is 1. The molecule has 0 unspecified atom stereocenters. The van der Waals surface area contributed by atoms with Crippen LogP contribution in [-0.2, 0) is 4.79 Å². The zero-order valence-corrected chi connectivity index (χ0v) is 13.2. The number of methoxy groups -OCH3 is 3. The van der Waals surface area contributed by atoms with Crippen molar-refractivity contribution in [3.8, 4) is 17.2 Å². The molecule has 0 amide bonds. The molecule has 5 heteroatoms. The molecule has 0 bridgehead atoms. The molecule has 0 fully saturated rings. The van der Waals surface area contributed by atoms with Gasteiger partial charge in [0.05, 0.1) is 26.9 Å². The van der Waals surface area contributed by atoms with E-state index in [9.17, 15) is 9.90 Å². The minimum Gasteiger partial charge on any atom is -0.497 e. The highest BCUT2D eigenvalue weighted by Crippen LogP contribution is 2.33. The van der Waals surface area contributed by atoms with Crippen molar-refractivity contribution in [2.75, 3.05) is 21.3 Å². The number of para-hydroxylation sites is 1. The lowest BCUT2D eigenvalue weighted by Gasteiger charge is -2.11. The second-order valence-corrected chi connectivity index (χ2v) is 4.68. The molecule has 0 aromatic heterocycles. The van der Waals surface area contributed by atoms with Gasteiger partial charge in [-0.25, -0.2) is 4.79 Å². The Labute approximate surface area is 134 Å². The van der Waals surface area contributed by atoms with Crippen molar-refractivity contribution in [1.29, 1.82) is 0 Å². The van der Waals surface area contributed by atoms with Gasteiger partial charge in [-0.15, -0.1) is 0 Å². The average Bonchev–Trinajstić information content (AvgIpc) is 2.58. The summed E-state index contributed by atoms with van der Waals surface area (Å²) in [7, 11) is 4.58. The lowest BCUT2D eigenvalue weighted by atomic mass is 10.0. The van der Waals surface area contributed by atoms with Crippen molar-refractivity contribution in [2.24, 2.45) is 0 Å². The third kappa shape index (κ3) is 3.63. The third-order valence-corrected chi connectivity index (χ3v) is 3.34. The van der Waals surface area contributed by atoms with Crippen LogP contribution in [0.25, 0.3) is 11.6 Å². The number of carbonyl (C=O) groups is 1. The van der Waals surface area contributed by atoms with Crippen molar-refractivity contribution < 1.29 is 24.1 Å². The van der Waals surface area contributed by atoms with E-state index in [0.29, 0.717) is 28.4 Å². The Morgan fingerprint density at radius 3 is 2.35 bits per heavy atom. The molecule has 0 saturated carbocycles. The van der Waals surface area contributed by atoms with Gasteiger partial charge >= 0.3 is 5.97 Å². The zero-order chi connectivity index (χ0) is 16.8. The minimum atomic E-state index is -1.04. The molecule has 0 aliphatic carbocycles. The highest BCUT2D eigenvalue weighted by Gasteiger charge is 2.14. The predicted octanol–water partition coefficient (Wildman–Crippen LogP) is 3.34. The predicted molar refractivity (Wildman–Crippen MR) is 88.0 cm³/mol. The zero-order valence-electron chi connectivity index (χ0n) is 13.2. The maximum Gasteiger partial charge on any atom is 0.336 e. The number of carboxylic acid groups (broad SMARTS) is 1. The van der Waals surface area contributed by atoms with Gasteiger partial charge < -0.3 is 19.3 Å². The fourth-order valence-corrected chi connectivity index (χ4v) is 2.24. The molecule has 2 rings (SSSR count). The van der Waals surface area contributed by atoms with Gasteiger partial charge in [0.2, 0.25) is 0 Å². The summed E-state index contributed by atoms with van der Waals surface area (Å²) in [4.78, 5) is 11.7. The topological polar surface area (TPSA) is 65.0 Å². The van der Waals surface area contributed by atoms with E-state index < -0.39 is 5.97 Å². The van der Waals surface area contributed by atoms with Crippen LogP contribution in [0.2, 0.25) is 0 Å². The van der Waals surface area contributed by atoms with Gasteiger partial charge in [-0.05, 0) is 29.8 Å². The Bertz CT molecular complexity index is 734. The van der Waals surface area contributed by atoms with E-state index in [0.717, 1.165) is 0 Å². The van der Waals surface area contributed by atoms with Gasteiger partial charge in [-0.3, -0.25) is 0 Å². The van der Waals surface area contributed by atoms with Gasteiger partial charge in [0.25, 0.3) is 0 Å². The van der Waals surface area contributed by atoms with E-state index in [4.69, 9.17) is 14.2 Å². The number of aliphatic carboxylic acids is 1. The maximum atomic E-state index is 11.7. The van der Waals surface area contributed by atoms with Crippen LogP contribution in [0.4, 0.5) is 0 Å². The second kappa shape index (κ2) is 7.35. The first-order valence-corrected chi connectivity index (χ1v) is 6.91. The minimum absolute atomic E-state index is 0.135. The number of hydrogen-bond acceptors (Lipinski definition) is 4. The Morgan fingerprint density at radius 1 is 1.00 bits per heavy atom. The van der Waals surface area contributed by atoms with Crippen molar-refractivity contribution in [1.82, 2.24) is 0 Å². The lowest BCUT2D eigenvalue weighted by molar-refractivity contribution is -0.130. The molecule has 2 aromatic carbocycles. The summed E-state index contributed by atoms with van der Waals surface area (Å²) in [5.41, 5.74) is 1.30. The molecule has 0 aliphatic heterocycles. The smallest absolute Gasteiger partial charge is 0.336 e. The lowest BCUT2D eigenvalue weighted by Crippen LogP contribution is -2.01. The fraction of sp³-hybridized carbons (Fsp3) is 0.167. The van der Waals surface area contributed by atoms with Crippen LogP contribution in [0.1, 0.15) is 11.1 Å². The van der Waals surface area contributed by atoms with Crippen LogP contribution in [-0.4, -0.2) is 32.4 Å². The molecule has 0 aliphatic rings. The summed E-state index contributed by atoms with van der Waals surface area (Å²) in [6.45, 7) is 0. The van der Waals surface area contributed by atoms with E-state index in [-0.39, 0.29) is 5.57 Å². The molecule has 5 nitrogen and oxygen atoms in total. The number of rotatable bonds is 6. The highest BCUT2D eigenvalue weighted by molar-refractivity contribution is 6.21. The molecule has 0 saturated heterocycles. The Balaban J connectivity index is 2.58. The summed E-state index contributed by atoms with van der Waals surface area (Å²) >= 11 is 0. The molecular weight excluding hydrogens is 296 g/mol. The molecule has 1 N–H and O–H groups in total. The van der Waals surface area contributed by atoms with Crippen molar-refractivity contribution in [3.63, 3.8) is 0 Å². The maximum absolute atomic E-state index is 11.7. The monoisotopic (exact) mass is 314 g/mol. The fourth-order valence-electron chi connectivity index (χ4n) is 2.24. The summed E-state index contributed by atoms with van der Waals surface area (Å²) in [5.74, 6) is 0.573. The van der Waals surface area contributed by atoms with Crippen molar-refractivity contribution in [2.45, 2.75) is 0 Å². The summed E-state index contributed by atoms with van der Waals surface area (Å²) in [6, 6.07) is 12.2. The van der Waals surface area contributed by atoms with E-state index in [1.165, 1.54) is 21.3 Å². The van der Waals surface area contributed by atoms with E-state index in [1.807, 2.05) is 0 Å². The molecule has 0 atom stereocenters. The van der Waals surface area contributed by atoms with Crippen LogP contribution in [0.15, 0.2) is 42.5 Å². The quantitative estimate of drug-likeness (QED) is 0.654. The van der Waals surface area contributed by atoms with Gasteiger partial charge in [0.15, 0.2) is 11.5 Å². The first kappa shape index (κ1) is 16.4. The van der Waals surface area contributed by atoms with Gasteiger partial charge in [-0.2, -0.15) is 0 Å². The molecular formula is C18H18O5. The van der Waals surface area contributed by atoms with Crippen LogP contribution in [0.5, 0.6) is 17.2 Å². The summed E-state index contributed by atoms with van der Waals surface area (Å²) in [6.07, 6.45) is 1.55. The molecule has 120 valence electrons. The molecule has 0 spiro atoms. The van der Waals surface area contributed by atoms with Crippen LogP contribution in [0, 0.1) is 0 Å². The molecule has 0 heterocycles. The highest BCUT2D eigenvalue weighted by atomic mass is 16.5. The van der Waals surface area contributed by atoms with Gasteiger partial charge in [0.1, 0.15) is 5.75 Å². The first-order valence-electron chi connectivity index (χ1n) is 6.91. The summed E-state index contributed by atoms with van der Waals surface area (Å²) < 4.78 is 15.7. The number of benzene rings is 2.